The Bertz CT molecular complexity index is 286. The predicted octanol–water partition coefficient (Wildman–Crippen LogP) is 0.484. The molecular formula is C10H19N3O2. The molecule has 1 atom stereocenters. The molecule has 1 aromatic heterocycles. The molecule has 1 N–H and O–H groups in total. The molecule has 0 aliphatic heterocycles. The molecule has 86 valence electrons. The van der Waals surface area contributed by atoms with E-state index in [-0.39, 0.29) is 0 Å². The van der Waals surface area contributed by atoms with Crippen LogP contribution in [0.2, 0.25) is 0 Å². The first-order valence-corrected chi connectivity index (χ1v) is 5.17. The van der Waals surface area contributed by atoms with Crippen molar-refractivity contribution in [3.8, 4) is 0 Å². The molecule has 0 spiro atoms. The van der Waals surface area contributed by atoms with Crippen LogP contribution < -0.4 is 0 Å². The number of aromatic nitrogens is 3. The van der Waals surface area contributed by atoms with Gasteiger partial charge in [0.2, 0.25) is 0 Å². The standard InChI is InChI=1S/C10H19N3O2/c1-8(2)5-13-10(11-7-12-13)4-9(14)6-15-3/h7-9,14H,4-6H2,1-3H3. The molecular weight excluding hydrogens is 194 g/mol. The summed E-state index contributed by atoms with van der Waals surface area (Å²) in [4.78, 5) is 4.13. The number of aliphatic hydroxyl groups excluding tert-OH is 1. The Morgan fingerprint density at radius 1 is 1.53 bits per heavy atom. The van der Waals surface area contributed by atoms with E-state index in [1.54, 1.807) is 7.11 Å². The molecule has 0 aliphatic rings. The maximum atomic E-state index is 9.57. The van der Waals surface area contributed by atoms with E-state index in [0.717, 1.165) is 12.4 Å². The summed E-state index contributed by atoms with van der Waals surface area (Å²) in [5.74, 6) is 1.33. The molecule has 1 unspecified atom stereocenters. The zero-order chi connectivity index (χ0) is 11.3. The highest BCUT2D eigenvalue weighted by molar-refractivity contribution is 4.87. The summed E-state index contributed by atoms with van der Waals surface area (Å²) in [5.41, 5.74) is 0. The lowest BCUT2D eigenvalue weighted by Crippen LogP contribution is -2.21. The van der Waals surface area contributed by atoms with Crippen molar-refractivity contribution in [3.05, 3.63) is 12.2 Å². The molecule has 0 bridgehead atoms. The van der Waals surface area contributed by atoms with Crippen molar-refractivity contribution in [1.82, 2.24) is 14.8 Å². The summed E-state index contributed by atoms with van der Waals surface area (Å²) in [5, 5.41) is 13.7. The van der Waals surface area contributed by atoms with Crippen LogP contribution in [0.3, 0.4) is 0 Å². The van der Waals surface area contributed by atoms with Crippen LogP contribution >= 0.6 is 0 Å². The van der Waals surface area contributed by atoms with Crippen molar-refractivity contribution in [2.45, 2.75) is 32.9 Å². The Labute approximate surface area is 90.1 Å². The lowest BCUT2D eigenvalue weighted by molar-refractivity contribution is 0.0629. The van der Waals surface area contributed by atoms with Crippen LogP contribution in [0.15, 0.2) is 6.33 Å². The van der Waals surface area contributed by atoms with E-state index in [1.807, 2.05) is 4.68 Å². The van der Waals surface area contributed by atoms with Crippen molar-refractivity contribution in [3.63, 3.8) is 0 Å². The fourth-order valence-electron chi connectivity index (χ4n) is 1.41. The number of ether oxygens (including phenoxy) is 1. The molecule has 0 saturated carbocycles. The van der Waals surface area contributed by atoms with Gasteiger partial charge < -0.3 is 9.84 Å². The minimum Gasteiger partial charge on any atom is -0.390 e. The largest absolute Gasteiger partial charge is 0.390 e. The molecule has 0 radical (unpaired) electrons. The Kier molecular flexibility index (Phi) is 4.71. The van der Waals surface area contributed by atoms with Gasteiger partial charge in [-0.05, 0) is 5.92 Å². The van der Waals surface area contributed by atoms with Gasteiger partial charge in [-0.15, -0.1) is 0 Å². The minimum atomic E-state index is -0.509. The molecule has 1 aromatic rings. The van der Waals surface area contributed by atoms with Crippen LogP contribution in [0.4, 0.5) is 0 Å². The smallest absolute Gasteiger partial charge is 0.138 e. The lowest BCUT2D eigenvalue weighted by atomic mass is 10.2. The molecule has 0 aromatic carbocycles. The summed E-state index contributed by atoms with van der Waals surface area (Å²) in [6, 6.07) is 0. The maximum Gasteiger partial charge on any atom is 0.138 e. The molecule has 0 fully saturated rings. The van der Waals surface area contributed by atoms with Crippen molar-refractivity contribution >= 4 is 0 Å². The van der Waals surface area contributed by atoms with E-state index >= 15 is 0 Å². The van der Waals surface area contributed by atoms with E-state index in [4.69, 9.17) is 4.74 Å². The van der Waals surface area contributed by atoms with Crippen molar-refractivity contribution in [2.75, 3.05) is 13.7 Å². The van der Waals surface area contributed by atoms with E-state index < -0.39 is 6.10 Å². The fourth-order valence-corrected chi connectivity index (χ4v) is 1.41. The quantitative estimate of drug-likeness (QED) is 0.747. The molecule has 0 saturated heterocycles. The molecule has 1 heterocycles. The van der Waals surface area contributed by atoms with Crippen molar-refractivity contribution in [2.24, 2.45) is 5.92 Å². The molecule has 0 aliphatic carbocycles. The highest BCUT2D eigenvalue weighted by Gasteiger charge is 2.11. The van der Waals surface area contributed by atoms with Gasteiger partial charge >= 0.3 is 0 Å². The van der Waals surface area contributed by atoms with Crippen LogP contribution in [-0.4, -0.2) is 39.7 Å². The Hall–Kier alpha value is -0.940. The second-order valence-corrected chi connectivity index (χ2v) is 4.07. The van der Waals surface area contributed by atoms with E-state index in [2.05, 4.69) is 23.9 Å². The SMILES string of the molecule is COCC(O)Cc1ncnn1CC(C)C. The first-order chi connectivity index (χ1) is 7.13. The number of hydrogen-bond acceptors (Lipinski definition) is 4. The highest BCUT2D eigenvalue weighted by atomic mass is 16.5. The monoisotopic (exact) mass is 213 g/mol. The first kappa shape index (κ1) is 12.1. The summed E-state index contributed by atoms with van der Waals surface area (Å²) in [6.45, 7) is 5.40. The zero-order valence-corrected chi connectivity index (χ0v) is 9.55. The topological polar surface area (TPSA) is 60.2 Å². The van der Waals surface area contributed by atoms with E-state index in [0.29, 0.717) is 18.9 Å². The molecule has 15 heavy (non-hydrogen) atoms. The number of aliphatic hydroxyl groups is 1. The number of nitrogens with zero attached hydrogens (tertiary/aromatic N) is 3. The average Bonchev–Trinajstić information content (AvgIpc) is 2.52. The molecule has 5 nitrogen and oxygen atoms in total. The van der Waals surface area contributed by atoms with Gasteiger partial charge in [-0.2, -0.15) is 5.10 Å². The fraction of sp³-hybridized carbons (Fsp3) is 0.800. The Balaban J connectivity index is 2.56. The summed E-state index contributed by atoms with van der Waals surface area (Å²) >= 11 is 0. The predicted molar refractivity (Wildman–Crippen MR) is 56.4 cm³/mol. The van der Waals surface area contributed by atoms with Crippen LogP contribution in [0.5, 0.6) is 0 Å². The summed E-state index contributed by atoms with van der Waals surface area (Å²) in [7, 11) is 1.57. The average molecular weight is 213 g/mol. The number of hydrogen-bond donors (Lipinski definition) is 1. The van der Waals surface area contributed by atoms with Gasteiger partial charge in [0.15, 0.2) is 0 Å². The van der Waals surface area contributed by atoms with Gasteiger partial charge in [0.25, 0.3) is 0 Å². The van der Waals surface area contributed by atoms with Crippen molar-refractivity contribution in [1.29, 1.82) is 0 Å². The van der Waals surface area contributed by atoms with Crippen LogP contribution in [0.25, 0.3) is 0 Å². The van der Waals surface area contributed by atoms with Crippen molar-refractivity contribution < 1.29 is 9.84 Å². The normalized spacial score (nSPS) is 13.4. The van der Waals surface area contributed by atoms with E-state index in [1.165, 1.54) is 6.33 Å². The third-order valence-corrected chi connectivity index (χ3v) is 2.01. The Morgan fingerprint density at radius 3 is 2.87 bits per heavy atom. The second-order valence-electron chi connectivity index (χ2n) is 4.07. The van der Waals surface area contributed by atoms with E-state index in [9.17, 15) is 5.11 Å². The third-order valence-electron chi connectivity index (χ3n) is 2.01. The second kappa shape index (κ2) is 5.82. The lowest BCUT2D eigenvalue weighted by Gasteiger charge is -2.11. The zero-order valence-electron chi connectivity index (χ0n) is 9.55. The molecule has 0 amide bonds. The highest BCUT2D eigenvalue weighted by Crippen LogP contribution is 2.04. The third kappa shape index (κ3) is 3.97. The van der Waals surface area contributed by atoms with Crippen LogP contribution in [0.1, 0.15) is 19.7 Å². The van der Waals surface area contributed by atoms with Crippen LogP contribution in [0, 0.1) is 5.92 Å². The van der Waals surface area contributed by atoms with Gasteiger partial charge in [-0.3, -0.25) is 0 Å². The van der Waals surface area contributed by atoms with Gasteiger partial charge in [-0.25, -0.2) is 9.67 Å². The number of methoxy groups -OCH3 is 1. The first-order valence-electron chi connectivity index (χ1n) is 5.17. The molecule has 5 heteroatoms. The van der Waals surface area contributed by atoms with Gasteiger partial charge in [0.05, 0.1) is 12.7 Å². The minimum absolute atomic E-state index is 0.328. The van der Waals surface area contributed by atoms with Gasteiger partial charge in [0.1, 0.15) is 12.2 Å². The summed E-state index contributed by atoms with van der Waals surface area (Å²) in [6.07, 6.45) is 1.50. The number of rotatable bonds is 6. The van der Waals surface area contributed by atoms with Gasteiger partial charge in [0, 0.05) is 20.1 Å². The van der Waals surface area contributed by atoms with Crippen LogP contribution in [-0.2, 0) is 17.7 Å². The van der Waals surface area contributed by atoms with Gasteiger partial charge in [-0.1, -0.05) is 13.8 Å². The Morgan fingerprint density at radius 2 is 2.27 bits per heavy atom. The summed E-state index contributed by atoms with van der Waals surface area (Å²) < 4.78 is 6.70. The molecule has 1 rings (SSSR count). The maximum absolute atomic E-state index is 9.57.